The van der Waals surface area contributed by atoms with E-state index in [-0.39, 0.29) is 34.4 Å². The molecule has 0 spiro atoms. The first-order chi connectivity index (χ1) is 24.8. The molecule has 2 atom stereocenters. The fourth-order valence-electron chi connectivity index (χ4n) is 5.52. The summed E-state index contributed by atoms with van der Waals surface area (Å²) in [5, 5.41) is 20.1. The van der Waals surface area contributed by atoms with Crippen LogP contribution < -0.4 is 10.6 Å². The van der Waals surface area contributed by atoms with Crippen LogP contribution in [0.25, 0.3) is 0 Å². The van der Waals surface area contributed by atoms with Gasteiger partial charge >= 0.3 is 5.97 Å². The molecule has 3 amide bonds. The molecule has 6 rings (SSSR count). The largest absolute Gasteiger partial charge is 0.448 e. The van der Waals surface area contributed by atoms with Gasteiger partial charge in [-0.05, 0) is 39.3 Å². The molecule has 1 saturated heterocycles. The van der Waals surface area contributed by atoms with Crippen molar-refractivity contribution in [2.24, 2.45) is 12.2 Å². The number of benzene rings is 2. The van der Waals surface area contributed by atoms with E-state index in [0.29, 0.717) is 17.1 Å². The Hall–Kier alpha value is -5.59. The molecular formula is C33H31N9O7S2. The number of anilines is 1. The number of methoxy groups -OCH3 is 1. The molecule has 18 heteroatoms. The SMILES string of the molecule is CON=C(C(=O)NC1(OC)C(=O)N2C(C(=O)OC(c3ccccc3)c3ccccc3)=C(CSc3nnnn3C)CS[C@@H]21)c1cccc(NC=O)n1. The minimum absolute atomic E-state index is 0.0326. The Morgan fingerprint density at radius 2 is 1.78 bits per heavy atom. The molecular weight excluding hydrogens is 699 g/mol. The van der Waals surface area contributed by atoms with Crippen LogP contribution in [0.3, 0.4) is 0 Å². The van der Waals surface area contributed by atoms with E-state index in [9.17, 15) is 19.2 Å². The number of amides is 3. The summed E-state index contributed by atoms with van der Waals surface area (Å²) in [6, 6.07) is 23.1. The van der Waals surface area contributed by atoms with Crippen LogP contribution in [0.2, 0.25) is 0 Å². The average molecular weight is 730 g/mol. The van der Waals surface area contributed by atoms with Gasteiger partial charge in [0, 0.05) is 25.7 Å². The van der Waals surface area contributed by atoms with Gasteiger partial charge in [-0.15, -0.1) is 16.9 Å². The Balaban J connectivity index is 1.33. The lowest BCUT2D eigenvalue weighted by atomic mass is 9.97. The third-order valence-electron chi connectivity index (χ3n) is 7.91. The van der Waals surface area contributed by atoms with Gasteiger partial charge in [-0.3, -0.25) is 19.3 Å². The summed E-state index contributed by atoms with van der Waals surface area (Å²) in [6.07, 6.45) is -0.346. The Bertz CT molecular complexity index is 1950. The molecule has 1 fully saturated rings. The molecule has 1 unspecified atom stereocenters. The van der Waals surface area contributed by atoms with Crippen LogP contribution in [0.15, 0.2) is 100 Å². The van der Waals surface area contributed by atoms with Crippen molar-refractivity contribution in [1.82, 2.24) is 35.4 Å². The summed E-state index contributed by atoms with van der Waals surface area (Å²) in [5.74, 6) is -1.59. The second-order valence-corrected chi connectivity index (χ2v) is 13.0. The van der Waals surface area contributed by atoms with Gasteiger partial charge in [-0.2, -0.15) is 0 Å². The number of pyridine rings is 1. The first kappa shape index (κ1) is 35.2. The van der Waals surface area contributed by atoms with Crippen LogP contribution in [0.5, 0.6) is 0 Å². The molecule has 0 aliphatic carbocycles. The number of β-lactam (4-membered cyclic amide) rings is 1. The van der Waals surface area contributed by atoms with Gasteiger partial charge in [-0.1, -0.05) is 83.6 Å². The quantitative estimate of drug-likeness (QED) is 0.0366. The van der Waals surface area contributed by atoms with E-state index in [1.54, 1.807) is 13.1 Å². The number of fused-ring (bicyclic) bond motifs is 1. The minimum Gasteiger partial charge on any atom is -0.448 e. The van der Waals surface area contributed by atoms with E-state index in [4.69, 9.17) is 14.3 Å². The zero-order valence-corrected chi connectivity index (χ0v) is 29.1. The smallest absolute Gasteiger partial charge is 0.356 e. The van der Waals surface area contributed by atoms with Crippen LogP contribution in [-0.4, -0.2) is 96.8 Å². The van der Waals surface area contributed by atoms with E-state index >= 15 is 0 Å². The predicted molar refractivity (Wildman–Crippen MR) is 186 cm³/mol. The molecule has 2 aromatic carbocycles. The molecule has 2 aliphatic heterocycles. The third kappa shape index (κ3) is 7.05. The number of nitrogens with one attached hydrogen (secondary N) is 2. The number of nitrogens with zero attached hydrogens (tertiary/aromatic N) is 7. The number of carbonyl (C=O) groups excluding carboxylic acids is 4. The molecule has 16 nitrogen and oxygen atoms in total. The third-order valence-corrected chi connectivity index (χ3v) is 10.4. The van der Waals surface area contributed by atoms with Gasteiger partial charge in [0.25, 0.3) is 17.5 Å². The number of carbonyl (C=O) groups is 4. The molecule has 2 aliphatic rings. The van der Waals surface area contributed by atoms with Crippen molar-refractivity contribution in [2.75, 3.05) is 31.0 Å². The van der Waals surface area contributed by atoms with Crippen molar-refractivity contribution in [2.45, 2.75) is 22.4 Å². The fourth-order valence-corrected chi connectivity index (χ4v) is 7.94. The lowest BCUT2D eigenvalue weighted by Gasteiger charge is -2.56. The first-order valence-corrected chi connectivity index (χ1v) is 17.3. The van der Waals surface area contributed by atoms with E-state index in [2.05, 4.69) is 36.3 Å². The highest BCUT2D eigenvalue weighted by Crippen LogP contribution is 2.48. The molecule has 4 aromatic rings. The predicted octanol–water partition coefficient (Wildman–Crippen LogP) is 2.28. The van der Waals surface area contributed by atoms with Gasteiger partial charge in [0.05, 0.1) is 0 Å². The van der Waals surface area contributed by atoms with E-state index in [1.807, 2.05) is 60.7 Å². The van der Waals surface area contributed by atoms with Crippen molar-refractivity contribution in [3.8, 4) is 0 Å². The molecule has 0 radical (unpaired) electrons. The fraction of sp³-hybridized carbons (Fsp3) is 0.242. The number of rotatable bonds is 14. The van der Waals surface area contributed by atoms with Crippen LogP contribution in [-0.2, 0) is 40.5 Å². The van der Waals surface area contributed by atoms with Gasteiger partial charge in [0.15, 0.2) is 11.8 Å². The second-order valence-electron chi connectivity index (χ2n) is 11.0. The molecule has 4 heterocycles. The van der Waals surface area contributed by atoms with Gasteiger partial charge < -0.3 is 24.9 Å². The standard InChI is InChI=1S/C33H31N9O7S2/c1-41-32(37-39-40-41)51-18-22-17-50-31-33(47-2,36-28(44)25(38-48-3)23-15-10-16-24(35-23)34-19-43)30(46)42(31)26(22)29(45)49-27(20-11-6-4-7-12-20)21-13-8-5-9-14-21/h4-16,19,27,31H,17-18H2,1-3H3,(H,36,44)(H,34,35,43)/t31-,33?/m1/s1. The lowest BCUT2D eigenvalue weighted by Crippen LogP contribution is -2.81. The highest BCUT2D eigenvalue weighted by Gasteiger charge is 2.67. The first-order valence-electron chi connectivity index (χ1n) is 15.3. The average Bonchev–Trinajstić information content (AvgIpc) is 3.58. The summed E-state index contributed by atoms with van der Waals surface area (Å²) >= 11 is 2.59. The summed E-state index contributed by atoms with van der Waals surface area (Å²) in [5.41, 5.74) is -0.0188. The summed E-state index contributed by atoms with van der Waals surface area (Å²) in [7, 11) is 4.23. The topological polar surface area (TPSA) is 192 Å². The lowest BCUT2D eigenvalue weighted by molar-refractivity contribution is -0.192. The number of aromatic nitrogens is 5. The van der Waals surface area contributed by atoms with Crippen molar-refractivity contribution in [1.29, 1.82) is 0 Å². The molecule has 2 N–H and O–H groups in total. The van der Waals surface area contributed by atoms with Crippen LogP contribution in [0.4, 0.5) is 5.82 Å². The van der Waals surface area contributed by atoms with Crippen molar-refractivity contribution < 1.29 is 33.5 Å². The van der Waals surface area contributed by atoms with Crippen molar-refractivity contribution >= 4 is 59.2 Å². The van der Waals surface area contributed by atoms with Crippen LogP contribution >= 0.6 is 23.5 Å². The van der Waals surface area contributed by atoms with Gasteiger partial charge in [0.2, 0.25) is 11.6 Å². The van der Waals surface area contributed by atoms with E-state index < -0.39 is 35.0 Å². The molecule has 0 bridgehead atoms. The molecule has 0 saturated carbocycles. The Labute approximate surface area is 300 Å². The van der Waals surface area contributed by atoms with Crippen molar-refractivity contribution in [3.63, 3.8) is 0 Å². The summed E-state index contributed by atoms with van der Waals surface area (Å²) < 4.78 is 13.5. The summed E-state index contributed by atoms with van der Waals surface area (Å²) in [6.45, 7) is 0. The normalized spacial score (nSPS) is 18.5. The number of oxime groups is 1. The monoisotopic (exact) mass is 729 g/mol. The Morgan fingerprint density at radius 3 is 2.39 bits per heavy atom. The van der Waals surface area contributed by atoms with Crippen LogP contribution in [0, 0.1) is 0 Å². The molecule has 51 heavy (non-hydrogen) atoms. The van der Waals surface area contributed by atoms with Gasteiger partial charge in [0.1, 0.15) is 29.7 Å². The van der Waals surface area contributed by atoms with Crippen LogP contribution in [0.1, 0.15) is 22.9 Å². The van der Waals surface area contributed by atoms with Gasteiger partial charge in [-0.25, -0.2) is 14.5 Å². The number of tetrazole rings is 1. The Kier molecular flexibility index (Phi) is 10.7. The number of hydrogen-bond acceptors (Lipinski definition) is 14. The second kappa shape index (κ2) is 15.5. The maximum absolute atomic E-state index is 14.4. The number of ether oxygens (including phenoxy) is 2. The highest BCUT2D eigenvalue weighted by atomic mass is 32.2. The van der Waals surface area contributed by atoms with Crippen molar-refractivity contribution in [3.05, 3.63) is 107 Å². The maximum Gasteiger partial charge on any atom is 0.356 e. The van der Waals surface area contributed by atoms with E-state index in [1.165, 1.54) is 59.5 Å². The number of thioether (sulfide) groups is 2. The number of aryl methyl sites for hydroxylation is 1. The zero-order valence-electron chi connectivity index (χ0n) is 27.5. The number of esters is 1. The Morgan fingerprint density at radius 1 is 1.08 bits per heavy atom. The summed E-state index contributed by atoms with van der Waals surface area (Å²) in [4.78, 5) is 63.8. The maximum atomic E-state index is 14.4. The highest BCUT2D eigenvalue weighted by molar-refractivity contribution is 8.01. The molecule has 262 valence electrons. The molecule has 2 aromatic heterocycles. The number of hydrogen-bond donors (Lipinski definition) is 2. The zero-order chi connectivity index (χ0) is 36.0. The van der Waals surface area contributed by atoms with E-state index in [0.717, 1.165) is 11.1 Å². The minimum atomic E-state index is -1.90.